The largest absolute Gasteiger partial charge is 0.322 e. The molecule has 0 unspecified atom stereocenters. The highest BCUT2D eigenvalue weighted by Crippen LogP contribution is 2.40. The fourth-order valence-electron chi connectivity index (χ4n) is 1.47. The van der Waals surface area contributed by atoms with E-state index in [0.29, 0.717) is 5.92 Å². The van der Waals surface area contributed by atoms with Crippen LogP contribution < -0.4 is 5.73 Å². The van der Waals surface area contributed by atoms with Gasteiger partial charge >= 0.3 is 0 Å². The van der Waals surface area contributed by atoms with Gasteiger partial charge in [-0.2, -0.15) is 0 Å². The van der Waals surface area contributed by atoms with Crippen LogP contribution in [0.2, 0.25) is 0 Å². The Morgan fingerprint density at radius 3 is 2.85 bits per heavy atom. The van der Waals surface area contributed by atoms with E-state index >= 15 is 0 Å². The summed E-state index contributed by atoms with van der Waals surface area (Å²) < 4.78 is 1.05. The van der Waals surface area contributed by atoms with Crippen molar-refractivity contribution in [3.05, 3.63) is 28.0 Å². The number of nitrogens with zero attached hydrogens (tertiary/aromatic N) is 1. The van der Waals surface area contributed by atoms with Crippen LogP contribution in [0.5, 0.6) is 0 Å². The van der Waals surface area contributed by atoms with E-state index < -0.39 is 0 Å². The Hall–Kier alpha value is -0.410. The summed E-state index contributed by atoms with van der Waals surface area (Å²) in [7, 11) is 0. The Labute approximate surface area is 86.7 Å². The standard InChI is InChI=1S/C10H13BrN2/c1-6-4-8(11)10(13-5-6)9(12)7-2-3-7/h4-5,7,9H,2-3,12H2,1H3/t9-/m1/s1. The van der Waals surface area contributed by atoms with Crippen molar-refractivity contribution in [1.82, 2.24) is 4.98 Å². The van der Waals surface area contributed by atoms with Gasteiger partial charge in [-0.3, -0.25) is 4.98 Å². The van der Waals surface area contributed by atoms with Crippen LogP contribution in [0.15, 0.2) is 16.7 Å². The molecular formula is C10H13BrN2. The summed E-state index contributed by atoms with van der Waals surface area (Å²) in [6.07, 6.45) is 4.38. The number of aryl methyl sites for hydroxylation is 1. The zero-order valence-corrected chi connectivity index (χ0v) is 9.21. The fraction of sp³-hybridized carbons (Fsp3) is 0.500. The van der Waals surface area contributed by atoms with Gasteiger partial charge in [0.15, 0.2) is 0 Å². The average molecular weight is 241 g/mol. The minimum absolute atomic E-state index is 0.120. The van der Waals surface area contributed by atoms with E-state index in [1.807, 2.05) is 13.1 Å². The van der Waals surface area contributed by atoms with Crippen molar-refractivity contribution in [2.75, 3.05) is 0 Å². The van der Waals surface area contributed by atoms with E-state index in [1.165, 1.54) is 18.4 Å². The molecule has 1 aliphatic rings. The number of hydrogen-bond donors (Lipinski definition) is 1. The lowest BCUT2D eigenvalue weighted by Gasteiger charge is -2.11. The molecule has 0 aliphatic heterocycles. The lowest BCUT2D eigenvalue weighted by Crippen LogP contribution is -2.14. The van der Waals surface area contributed by atoms with Crippen molar-refractivity contribution in [3.8, 4) is 0 Å². The third-order valence-corrected chi connectivity index (χ3v) is 3.09. The third-order valence-electron chi connectivity index (χ3n) is 2.45. The molecule has 1 aromatic rings. The second-order valence-electron chi connectivity index (χ2n) is 3.74. The van der Waals surface area contributed by atoms with Crippen LogP contribution >= 0.6 is 15.9 Å². The molecule has 3 heteroatoms. The average Bonchev–Trinajstić information content (AvgIpc) is 2.85. The van der Waals surface area contributed by atoms with Gasteiger partial charge in [0.1, 0.15) is 0 Å². The molecule has 1 fully saturated rings. The fourth-order valence-corrected chi connectivity index (χ4v) is 2.20. The van der Waals surface area contributed by atoms with Gasteiger partial charge < -0.3 is 5.73 Å². The molecule has 0 amide bonds. The van der Waals surface area contributed by atoms with Crippen molar-refractivity contribution < 1.29 is 0 Å². The molecule has 1 atom stereocenters. The van der Waals surface area contributed by atoms with Crippen LogP contribution in [0.25, 0.3) is 0 Å². The lowest BCUT2D eigenvalue weighted by molar-refractivity contribution is 0.611. The van der Waals surface area contributed by atoms with Crippen LogP contribution in [0.1, 0.15) is 30.1 Å². The number of aromatic nitrogens is 1. The molecule has 1 saturated carbocycles. The van der Waals surface area contributed by atoms with Gasteiger partial charge in [0.25, 0.3) is 0 Å². The Bertz CT molecular complexity index is 321. The summed E-state index contributed by atoms with van der Waals surface area (Å²) in [6, 6.07) is 2.19. The number of nitrogens with two attached hydrogens (primary N) is 1. The maximum atomic E-state index is 6.06. The van der Waals surface area contributed by atoms with Crippen molar-refractivity contribution >= 4 is 15.9 Å². The second kappa shape index (κ2) is 3.39. The monoisotopic (exact) mass is 240 g/mol. The summed E-state index contributed by atoms with van der Waals surface area (Å²) >= 11 is 3.50. The van der Waals surface area contributed by atoms with E-state index in [0.717, 1.165) is 10.2 Å². The first-order chi connectivity index (χ1) is 6.18. The molecular weight excluding hydrogens is 228 g/mol. The highest BCUT2D eigenvalue weighted by atomic mass is 79.9. The molecule has 0 aromatic carbocycles. The quantitative estimate of drug-likeness (QED) is 0.864. The van der Waals surface area contributed by atoms with Crippen molar-refractivity contribution in [1.29, 1.82) is 0 Å². The minimum atomic E-state index is 0.120. The molecule has 0 radical (unpaired) electrons. The van der Waals surface area contributed by atoms with Gasteiger partial charge in [-0.25, -0.2) is 0 Å². The molecule has 1 aromatic heterocycles. The van der Waals surface area contributed by atoms with E-state index in [4.69, 9.17) is 5.73 Å². The number of rotatable bonds is 2. The van der Waals surface area contributed by atoms with Crippen molar-refractivity contribution in [3.63, 3.8) is 0 Å². The number of hydrogen-bond acceptors (Lipinski definition) is 2. The molecule has 0 spiro atoms. The molecule has 1 aliphatic carbocycles. The summed E-state index contributed by atoms with van der Waals surface area (Å²) in [5, 5.41) is 0. The van der Waals surface area contributed by atoms with Gasteiger partial charge in [0.2, 0.25) is 0 Å². The van der Waals surface area contributed by atoms with Gasteiger partial charge in [-0.05, 0) is 53.2 Å². The third kappa shape index (κ3) is 1.92. The first-order valence-electron chi connectivity index (χ1n) is 4.56. The Morgan fingerprint density at radius 1 is 1.62 bits per heavy atom. The summed E-state index contributed by atoms with van der Waals surface area (Å²) in [6.45, 7) is 2.03. The van der Waals surface area contributed by atoms with Crippen LogP contribution in [0.3, 0.4) is 0 Å². The van der Waals surface area contributed by atoms with Gasteiger partial charge in [-0.15, -0.1) is 0 Å². The van der Waals surface area contributed by atoms with Gasteiger partial charge in [-0.1, -0.05) is 0 Å². The SMILES string of the molecule is Cc1cnc([C@H](N)C2CC2)c(Br)c1. The van der Waals surface area contributed by atoms with Gasteiger partial charge in [0, 0.05) is 10.7 Å². The predicted octanol–water partition coefficient (Wildman–Crippen LogP) is 2.56. The second-order valence-corrected chi connectivity index (χ2v) is 4.60. The normalized spacial score (nSPS) is 18.7. The van der Waals surface area contributed by atoms with Crippen molar-refractivity contribution in [2.45, 2.75) is 25.8 Å². The smallest absolute Gasteiger partial charge is 0.0715 e. The topological polar surface area (TPSA) is 38.9 Å². The molecule has 0 bridgehead atoms. The van der Waals surface area contributed by atoms with Crippen LogP contribution in [0, 0.1) is 12.8 Å². The molecule has 2 rings (SSSR count). The molecule has 2 nitrogen and oxygen atoms in total. The molecule has 0 saturated heterocycles. The Kier molecular flexibility index (Phi) is 2.39. The van der Waals surface area contributed by atoms with E-state index in [1.54, 1.807) is 0 Å². The van der Waals surface area contributed by atoms with Gasteiger partial charge in [0.05, 0.1) is 11.7 Å². The van der Waals surface area contributed by atoms with E-state index in [2.05, 4.69) is 27.0 Å². The molecule has 70 valence electrons. The summed E-state index contributed by atoms with van der Waals surface area (Å²) in [4.78, 5) is 4.37. The summed E-state index contributed by atoms with van der Waals surface area (Å²) in [5.41, 5.74) is 8.23. The first kappa shape index (κ1) is 9.16. The maximum Gasteiger partial charge on any atom is 0.0715 e. The lowest BCUT2D eigenvalue weighted by atomic mass is 10.1. The van der Waals surface area contributed by atoms with E-state index in [9.17, 15) is 0 Å². The highest BCUT2D eigenvalue weighted by molar-refractivity contribution is 9.10. The number of halogens is 1. The molecule has 13 heavy (non-hydrogen) atoms. The summed E-state index contributed by atoms with van der Waals surface area (Å²) in [5.74, 6) is 0.659. The minimum Gasteiger partial charge on any atom is -0.322 e. The van der Waals surface area contributed by atoms with Crippen molar-refractivity contribution in [2.24, 2.45) is 11.7 Å². The van der Waals surface area contributed by atoms with Crippen LogP contribution in [0.4, 0.5) is 0 Å². The maximum absolute atomic E-state index is 6.06. The first-order valence-corrected chi connectivity index (χ1v) is 5.35. The van der Waals surface area contributed by atoms with Crippen LogP contribution in [-0.2, 0) is 0 Å². The Morgan fingerprint density at radius 2 is 2.31 bits per heavy atom. The zero-order valence-electron chi connectivity index (χ0n) is 7.63. The molecule has 2 N–H and O–H groups in total. The molecule has 1 heterocycles. The number of pyridine rings is 1. The van der Waals surface area contributed by atoms with E-state index in [-0.39, 0.29) is 6.04 Å². The highest BCUT2D eigenvalue weighted by Gasteiger charge is 2.31. The van der Waals surface area contributed by atoms with Crippen LogP contribution in [-0.4, -0.2) is 4.98 Å². The zero-order chi connectivity index (χ0) is 9.42. The Balaban J connectivity index is 2.28. The predicted molar refractivity (Wildman–Crippen MR) is 56.3 cm³/mol.